The van der Waals surface area contributed by atoms with E-state index in [1.165, 1.54) is 83.5 Å². The quantitative estimate of drug-likeness (QED) is 0.348. The van der Waals surface area contributed by atoms with Crippen LogP contribution in [-0.2, 0) is 4.74 Å². The largest absolute Gasteiger partial charge is 0.378 e. The molecule has 2 rings (SSSR count). The fourth-order valence-corrected chi connectivity index (χ4v) is 4.62. The van der Waals surface area contributed by atoms with Crippen LogP contribution >= 0.6 is 0 Å². The van der Waals surface area contributed by atoms with Crippen LogP contribution in [0.1, 0.15) is 90.4 Å². The van der Waals surface area contributed by atoms with E-state index in [-0.39, 0.29) is 0 Å². The first-order valence-corrected chi connectivity index (χ1v) is 10.1. The van der Waals surface area contributed by atoms with Gasteiger partial charge in [-0.15, -0.1) is 6.58 Å². The lowest BCUT2D eigenvalue weighted by molar-refractivity contribution is 0.00577. The third-order valence-electron chi connectivity index (χ3n) is 6.15. The Bertz CT molecular complexity index is 282. The predicted octanol–water partition coefficient (Wildman–Crippen LogP) is 6.52. The number of unbranched alkanes of at least 4 members (excludes halogenated alkanes) is 2. The molecule has 1 heteroatoms. The lowest BCUT2D eigenvalue weighted by atomic mass is 9.70. The van der Waals surface area contributed by atoms with Gasteiger partial charge in [0.25, 0.3) is 0 Å². The summed E-state index contributed by atoms with van der Waals surface area (Å²) < 4.78 is 6.02. The van der Waals surface area contributed by atoms with Gasteiger partial charge in [0, 0.05) is 6.61 Å². The predicted molar refractivity (Wildman–Crippen MR) is 96.1 cm³/mol. The average Bonchev–Trinajstić information content (AvgIpc) is 2.57. The molecule has 0 aromatic heterocycles. The Labute approximate surface area is 138 Å². The second kappa shape index (κ2) is 10.5. The van der Waals surface area contributed by atoms with E-state index in [4.69, 9.17) is 4.74 Å². The molecule has 0 saturated heterocycles. The minimum absolute atomic E-state index is 0.582. The lowest BCUT2D eigenvalue weighted by Gasteiger charge is -2.37. The fraction of sp³-hybridized carbons (Fsp3) is 0.905. The Hall–Kier alpha value is -0.300. The summed E-state index contributed by atoms with van der Waals surface area (Å²) in [6, 6.07) is 0. The summed E-state index contributed by atoms with van der Waals surface area (Å²) in [6.07, 6.45) is 20.7. The van der Waals surface area contributed by atoms with Gasteiger partial charge in [0.05, 0.1) is 6.10 Å². The summed E-state index contributed by atoms with van der Waals surface area (Å²) in [5.41, 5.74) is 0. The third-order valence-corrected chi connectivity index (χ3v) is 6.15. The normalized spacial score (nSPS) is 32.8. The second-order valence-electron chi connectivity index (χ2n) is 7.76. The van der Waals surface area contributed by atoms with Gasteiger partial charge in [-0.3, -0.25) is 0 Å². The van der Waals surface area contributed by atoms with Crippen molar-refractivity contribution in [1.82, 2.24) is 0 Å². The Morgan fingerprint density at radius 3 is 2.14 bits per heavy atom. The van der Waals surface area contributed by atoms with Crippen molar-refractivity contribution >= 4 is 0 Å². The fourth-order valence-electron chi connectivity index (χ4n) is 4.62. The summed E-state index contributed by atoms with van der Waals surface area (Å²) >= 11 is 0. The van der Waals surface area contributed by atoms with Crippen LogP contribution in [0.4, 0.5) is 0 Å². The van der Waals surface area contributed by atoms with Crippen molar-refractivity contribution in [3.05, 3.63) is 12.7 Å². The van der Waals surface area contributed by atoms with E-state index in [9.17, 15) is 0 Å². The van der Waals surface area contributed by atoms with Gasteiger partial charge < -0.3 is 4.74 Å². The molecule has 0 radical (unpaired) electrons. The molecule has 0 spiro atoms. The molecule has 0 aromatic rings. The van der Waals surface area contributed by atoms with Gasteiger partial charge in [0.15, 0.2) is 0 Å². The number of ether oxygens (including phenoxy) is 1. The summed E-state index contributed by atoms with van der Waals surface area (Å²) in [5.74, 6) is 3.07. The maximum atomic E-state index is 6.02. The van der Waals surface area contributed by atoms with Crippen LogP contribution in [0.3, 0.4) is 0 Å². The molecular weight excluding hydrogens is 268 g/mol. The Morgan fingerprint density at radius 1 is 0.909 bits per heavy atom. The van der Waals surface area contributed by atoms with Crippen LogP contribution in [0.15, 0.2) is 12.7 Å². The highest BCUT2D eigenvalue weighted by Gasteiger charge is 2.30. The van der Waals surface area contributed by atoms with Crippen molar-refractivity contribution in [2.45, 2.75) is 96.5 Å². The molecular formula is C21H38O. The smallest absolute Gasteiger partial charge is 0.0575 e. The zero-order chi connectivity index (χ0) is 15.6. The van der Waals surface area contributed by atoms with Gasteiger partial charge in [0.2, 0.25) is 0 Å². The van der Waals surface area contributed by atoms with E-state index in [2.05, 4.69) is 19.6 Å². The lowest BCUT2D eigenvalue weighted by Crippen LogP contribution is -2.28. The first-order valence-electron chi connectivity index (χ1n) is 10.1. The molecule has 0 bridgehead atoms. The van der Waals surface area contributed by atoms with Crippen LogP contribution in [0.5, 0.6) is 0 Å². The summed E-state index contributed by atoms with van der Waals surface area (Å²) in [4.78, 5) is 0. The minimum atomic E-state index is 0.582. The monoisotopic (exact) mass is 306 g/mol. The maximum absolute atomic E-state index is 6.02. The average molecular weight is 307 g/mol. The molecule has 2 aliphatic carbocycles. The van der Waals surface area contributed by atoms with Crippen LogP contribution in [-0.4, -0.2) is 12.7 Å². The summed E-state index contributed by atoms with van der Waals surface area (Å²) in [6.45, 7) is 7.07. The van der Waals surface area contributed by atoms with Crippen molar-refractivity contribution < 1.29 is 4.74 Å². The SMILES string of the molecule is C=CCCCC1CCC(C2CCC(OCCCC)CC2)CC1. The summed E-state index contributed by atoms with van der Waals surface area (Å²) in [7, 11) is 0. The highest BCUT2D eigenvalue weighted by molar-refractivity contribution is 4.82. The molecule has 22 heavy (non-hydrogen) atoms. The van der Waals surface area contributed by atoms with Gasteiger partial charge in [-0.1, -0.05) is 38.7 Å². The molecule has 1 nitrogen and oxygen atoms in total. The molecule has 0 aromatic carbocycles. The molecule has 2 aliphatic rings. The Morgan fingerprint density at radius 2 is 1.55 bits per heavy atom. The van der Waals surface area contributed by atoms with E-state index >= 15 is 0 Å². The highest BCUT2D eigenvalue weighted by Crippen LogP contribution is 2.41. The molecule has 0 amide bonds. The molecule has 2 fully saturated rings. The van der Waals surface area contributed by atoms with E-state index in [1.54, 1.807) is 0 Å². The van der Waals surface area contributed by atoms with Gasteiger partial charge >= 0.3 is 0 Å². The van der Waals surface area contributed by atoms with Crippen molar-refractivity contribution in [1.29, 1.82) is 0 Å². The van der Waals surface area contributed by atoms with Crippen LogP contribution in [0.2, 0.25) is 0 Å². The zero-order valence-electron chi connectivity index (χ0n) is 14.9. The molecule has 0 atom stereocenters. The Kier molecular flexibility index (Phi) is 8.59. The molecule has 128 valence electrons. The van der Waals surface area contributed by atoms with Crippen molar-refractivity contribution in [3.8, 4) is 0 Å². The van der Waals surface area contributed by atoms with E-state index in [0.717, 1.165) is 24.4 Å². The second-order valence-corrected chi connectivity index (χ2v) is 7.76. The highest BCUT2D eigenvalue weighted by atomic mass is 16.5. The van der Waals surface area contributed by atoms with Crippen molar-refractivity contribution in [2.24, 2.45) is 17.8 Å². The van der Waals surface area contributed by atoms with E-state index in [0.29, 0.717) is 6.10 Å². The van der Waals surface area contributed by atoms with Crippen LogP contribution < -0.4 is 0 Å². The van der Waals surface area contributed by atoms with Gasteiger partial charge in [0.1, 0.15) is 0 Å². The molecule has 0 N–H and O–H groups in total. The maximum Gasteiger partial charge on any atom is 0.0575 e. The molecule has 2 saturated carbocycles. The number of allylic oxidation sites excluding steroid dienone is 1. The number of hydrogen-bond donors (Lipinski definition) is 0. The molecule has 0 aliphatic heterocycles. The molecule has 0 unspecified atom stereocenters. The van der Waals surface area contributed by atoms with Crippen molar-refractivity contribution in [2.75, 3.05) is 6.61 Å². The van der Waals surface area contributed by atoms with Crippen LogP contribution in [0.25, 0.3) is 0 Å². The third kappa shape index (κ3) is 6.07. The number of rotatable bonds is 9. The van der Waals surface area contributed by atoms with E-state index < -0.39 is 0 Å². The van der Waals surface area contributed by atoms with Gasteiger partial charge in [-0.05, 0) is 75.5 Å². The minimum Gasteiger partial charge on any atom is -0.378 e. The van der Waals surface area contributed by atoms with Crippen LogP contribution in [0, 0.1) is 17.8 Å². The standard InChI is InChI=1S/C21H38O/c1-3-5-7-8-18-9-11-19(12-10-18)20-13-15-21(16-14-20)22-17-6-4-2/h3,18-21H,1,4-17H2,2H3. The van der Waals surface area contributed by atoms with Crippen molar-refractivity contribution in [3.63, 3.8) is 0 Å². The summed E-state index contributed by atoms with van der Waals surface area (Å²) in [5, 5.41) is 0. The number of hydrogen-bond acceptors (Lipinski definition) is 1. The van der Waals surface area contributed by atoms with Gasteiger partial charge in [-0.25, -0.2) is 0 Å². The topological polar surface area (TPSA) is 9.23 Å². The molecule has 0 heterocycles. The first kappa shape index (κ1) is 18.0. The van der Waals surface area contributed by atoms with Gasteiger partial charge in [-0.2, -0.15) is 0 Å². The Balaban J connectivity index is 1.59. The van der Waals surface area contributed by atoms with E-state index in [1.807, 2.05) is 0 Å². The zero-order valence-corrected chi connectivity index (χ0v) is 14.9. The first-order chi connectivity index (χ1) is 10.8.